The number of nitrogens with one attached hydrogen (secondary N) is 1. The number of Topliss-reactive ketones (excluding diaryl/α,β-unsaturated/α-hetero) is 1. The quantitative estimate of drug-likeness (QED) is 0.607. The summed E-state index contributed by atoms with van der Waals surface area (Å²) in [7, 11) is -4.44. The van der Waals surface area contributed by atoms with E-state index < -0.39 is 37.6 Å². The Balaban J connectivity index is 1.52. The van der Waals surface area contributed by atoms with Gasteiger partial charge in [-0.15, -0.1) is 0 Å². The van der Waals surface area contributed by atoms with Crippen molar-refractivity contribution < 1.29 is 31.9 Å². The highest BCUT2D eigenvalue weighted by Gasteiger charge is 2.51. The van der Waals surface area contributed by atoms with Crippen LogP contribution in [-0.2, 0) is 26.7 Å². The van der Waals surface area contributed by atoms with Gasteiger partial charge in [0.15, 0.2) is 0 Å². The molecule has 2 N–H and O–H groups in total. The van der Waals surface area contributed by atoms with Crippen LogP contribution >= 0.6 is 0 Å². The molecule has 2 aromatic carbocycles. The zero-order chi connectivity index (χ0) is 26.8. The number of amides is 1. The van der Waals surface area contributed by atoms with Crippen LogP contribution in [0.2, 0.25) is 0 Å². The van der Waals surface area contributed by atoms with E-state index in [1.165, 1.54) is 6.07 Å². The fourth-order valence-electron chi connectivity index (χ4n) is 5.96. The highest BCUT2D eigenvalue weighted by Crippen LogP contribution is 2.52. The average Bonchev–Trinajstić information content (AvgIpc) is 3.09. The number of aliphatic hydroxyl groups is 1. The van der Waals surface area contributed by atoms with Crippen LogP contribution in [-0.4, -0.2) is 48.8 Å². The summed E-state index contributed by atoms with van der Waals surface area (Å²) in [5, 5.41) is 10.4. The van der Waals surface area contributed by atoms with Crippen molar-refractivity contribution in [3.8, 4) is 0 Å². The number of carbonyl (C=O) groups is 2. The number of piperidine rings is 1. The molecule has 198 valence electrons. The van der Waals surface area contributed by atoms with E-state index in [2.05, 4.69) is 4.72 Å². The lowest BCUT2D eigenvalue weighted by atomic mass is 9.64. The molecule has 5 rings (SSSR count). The van der Waals surface area contributed by atoms with E-state index in [9.17, 15) is 31.9 Å². The Morgan fingerprint density at radius 2 is 1.81 bits per heavy atom. The molecule has 1 spiro atoms. The number of rotatable bonds is 5. The first-order valence-corrected chi connectivity index (χ1v) is 14.0. The summed E-state index contributed by atoms with van der Waals surface area (Å²) >= 11 is 0. The van der Waals surface area contributed by atoms with Crippen LogP contribution in [0.25, 0.3) is 0 Å². The number of anilines is 1. The second-order valence-electron chi connectivity index (χ2n) is 11.0. The Bertz CT molecular complexity index is 1390. The van der Waals surface area contributed by atoms with Crippen molar-refractivity contribution in [1.82, 2.24) is 4.90 Å². The number of likely N-dealkylation sites (tertiary alicyclic amines) is 1. The molecule has 3 aliphatic rings. The van der Waals surface area contributed by atoms with Gasteiger partial charge in [0, 0.05) is 36.8 Å². The van der Waals surface area contributed by atoms with E-state index in [-0.39, 0.29) is 35.3 Å². The Hall–Kier alpha value is -2.85. The van der Waals surface area contributed by atoms with Gasteiger partial charge in [0.2, 0.25) is 0 Å². The Morgan fingerprint density at radius 1 is 1.14 bits per heavy atom. The van der Waals surface area contributed by atoms with Crippen LogP contribution in [0, 0.1) is 17.6 Å². The number of fused-ring (bicyclic) bond motifs is 2. The first-order valence-electron chi connectivity index (χ1n) is 12.5. The fraction of sp³-hybridized carbons (Fsp3) is 0.481. The minimum atomic E-state index is -4.44. The summed E-state index contributed by atoms with van der Waals surface area (Å²) in [6, 6.07) is 5.18. The van der Waals surface area contributed by atoms with E-state index >= 15 is 0 Å². The third-order valence-electron chi connectivity index (χ3n) is 8.29. The second-order valence-corrected chi connectivity index (χ2v) is 12.6. The number of benzene rings is 2. The van der Waals surface area contributed by atoms with Crippen molar-refractivity contribution in [2.45, 2.75) is 68.3 Å². The van der Waals surface area contributed by atoms with E-state index in [0.29, 0.717) is 56.0 Å². The highest BCUT2D eigenvalue weighted by atomic mass is 32.2. The first-order chi connectivity index (χ1) is 17.3. The van der Waals surface area contributed by atoms with Crippen molar-refractivity contribution in [2.75, 3.05) is 17.8 Å². The normalized spacial score (nSPS) is 19.6. The highest BCUT2D eigenvalue weighted by molar-refractivity contribution is 7.92. The van der Waals surface area contributed by atoms with Gasteiger partial charge in [0.05, 0.1) is 11.0 Å². The topological polar surface area (TPSA) is 104 Å². The van der Waals surface area contributed by atoms with Crippen molar-refractivity contribution >= 4 is 27.4 Å². The van der Waals surface area contributed by atoms with Crippen LogP contribution in [0.3, 0.4) is 0 Å². The maximum absolute atomic E-state index is 14.3. The van der Waals surface area contributed by atoms with Crippen molar-refractivity contribution in [3.05, 3.63) is 58.7 Å². The number of ketones is 1. The van der Waals surface area contributed by atoms with Gasteiger partial charge < -0.3 is 10.0 Å². The molecule has 1 heterocycles. The third kappa shape index (κ3) is 4.44. The summed E-state index contributed by atoms with van der Waals surface area (Å²) < 4.78 is 56.0. The van der Waals surface area contributed by atoms with Crippen LogP contribution in [0.5, 0.6) is 0 Å². The summed E-state index contributed by atoms with van der Waals surface area (Å²) in [4.78, 5) is 27.7. The molecule has 0 bridgehead atoms. The minimum Gasteiger partial charge on any atom is -0.390 e. The summed E-state index contributed by atoms with van der Waals surface area (Å²) in [6.45, 7) is 4.37. The molecular formula is C27H30F2N2O5S. The minimum absolute atomic E-state index is 0.0214. The number of nitrogens with zero attached hydrogens (tertiary/aromatic N) is 1. The molecule has 1 saturated heterocycles. The summed E-state index contributed by atoms with van der Waals surface area (Å²) in [5.41, 5.74) is 0.00826. The lowest BCUT2D eigenvalue weighted by Crippen LogP contribution is -2.44. The second kappa shape index (κ2) is 8.87. The standard InChI is InChI=1S/C27H30F2N2O5S/c1-26(2,34)16-6-10-31(11-7-16)25(33)20-13-18(14-21-19(20)15-24(32)27(21)8-3-9-27)30-37(35,36)23-5-4-17(28)12-22(23)29/h4-5,12-14,16,30,34H,3,6-11,15H2,1-2H3. The summed E-state index contributed by atoms with van der Waals surface area (Å²) in [6.07, 6.45) is 3.47. The van der Waals surface area contributed by atoms with Gasteiger partial charge in [-0.25, -0.2) is 17.2 Å². The number of hydrogen-bond acceptors (Lipinski definition) is 5. The zero-order valence-electron chi connectivity index (χ0n) is 20.8. The molecular weight excluding hydrogens is 502 g/mol. The van der Waals surface area contributed by atoms with Gasteiger partial charge in [0.1, 0.15) is 22.3 Å². The molecule has 1 saturated carbocycles. The lowest BCUT2D eigenvalue weighted by Gasteiger charge is -2.39. The largest absolute Gasteiger partial charge is 0.390 e. The first kappa shape index (κ1) is 25.8. The molecule has 1 aliphatic heterocycles. The van der Waals surface area contributed by atoms with Gasteiger partial charge in [-0.3, -0.25) is 14.3 Å². The van der Waals surface area contributed by atoms with Crippen molar-refractivity contribution in [1.29, 1.82) is 0 Å². The molecule has 2 aromatic rings. The molecule has 2 fully saturated rings. The lowest BCUT2D eigenvalue weighted by molar-refractivity contribution is -0.125. The maximum atomic E-state index is 14.3. The summed E-state index contributed by atoms with van der Waals surface area (Å²) in [5.74, 6) is -2.37. The smallest absolute Gasteiger partial charge is 0.264 e. The molecule has 0 unspecified atom stereocenters. The van der Waals surface area contributed by atoms with E-state index in [1.54, 1.807) is 24.8 Å². The Labute approximate surface area is 214 Å². The van der Waals surface area contributed by atoms with Gasteiger partial charge >= 0.3 is 0 Å². The predicted octanol–water partition coefficient (Wildman–Crippen LogP) is 3.94. The number of halogens is 2. The third-order valence-corrected chi connectivity index (χ3v) is 9.71. The zero-order valence-corrected chi connectivity index (χ0v) is 21.6. The monoisotopic (exact) mass is 532 g/mol. The molecule has 37 heavy (non-hydrogen) atoms. The Kier molecular flexibility index (Phi) is 6.18. The van der Waals surface area contributed by atoms with Crippen molar-refractivity contribution in [3.63, 3.8) is 0 Å². The van der Waals surface area contributed by atoms with E-state index in [4.69, 9.17) is 0 Å². The molecule has 1 amide bonds. The van der Waals surface area contributed by atoms with Gasteiger partial charge in [-0.1, -0.05) is 6.42 Å². The molecule has 10 heteroatoms. The Morgan fingerprint density at radius 3 is 2.38 bits per heavy atom. The van der Waals surface area contributed by atoms with Gasteiger partial charge in [-0.05, 0) is 80.8 Å². The van der Waals surface area contributed by atoms with E-state index in [1.807, 2.05) is 0 Å². The van der Waals surface area contributed by atoms with E-state index in [0.717, 1.165) is 18.6 Å². The molecule has 0 radical (unpaired) electrons. The van der Waals surface area contributed by atoms with Crippen LogP contribution in [0.1, 0.15) is 67.4 Å². The van der Waals surface area contributed by atoms with Gasteiger partial charge in [0.25, 0.3) is 15.9 Å². The van der Waals surface area contributed by atoms with Crippen LogP contribution in [0.4, 0.5) is 14.5 Å². The fourth-order valence-corrected chi connectivity index (χ4v) is 7.06. The number of sulfonamides is 1. The molecule has 0 atom stereocenters. The van der Waals surface area contributed by atoms with Crippen LogP contribution in [0.15, 0.2) is 35.2 Å². The molecule has 7 nitrogen and oxygen atoms in total. The maximum Gasteiger partial charge on any atom is 0.264 e. The van der Waals surface area contributed by atoms with Crippen molar-refractivity contribution in [2.24, 2.45) is 5.92 Å². The SMILES string of the molecule is CC(C)(O)C1CCN(C(=O)c2cc(NS(=O)(=O)c3ccc(F)cc3F)cc3c2CC(=O)C32CCC2)CC1. The molecule has 2 aliphatic carbocycles. The number of hydrogen-bond donors (Lipinski definition) is 2. The predicted molar refractivity (Wildman–Crippen MR) is 133 cm³/mol. The van der Waals surface area contributed by atoms with Gasteiger partial charge in [-0.2, -0.15) is 0 Å². The van der Waals surface area contributed by atoms with Crippen LogP contribution < -0.4 is 4.72 Å². The molecule has 0 aromatic heterocycles. The number of carbonyl (C=O) groups excluding carboxylic acids is 2. The average molecular weight is 533 g/mol.